The van der Waals surface area contributed by atoms with E-state index in [-0.39, 0.29) is 5.02 Å². The van der Waals surface area contributed by atoms with Gasteiger partial charge in [0.2, 0.25) is 0 Å². The van der Waals surface area contributed by atoms with E-state index in [9.17, 15) is 12.9 Å². The minimum absolute atomic E-state index is 0.0874. The van der Waals surface area contributed by atoms with Crippen LogP contribution in [0.15, 0.2) is 48.5 Å². The highest BCUT2D eigenvalue weighted by molar-refractivity contribution is 6.73. The first-order valence-electron chi connectivity index (χ1n) is 5.69. The number of hydrogen-bond donors (Lipinski definition) is 0. The van der Waals surface area contributed by atoms with Crippen LogP contribution in [0.1, 0.15) is 11.1 Å². The molecule has 0 fully saturated rings. The fraction of sp³-hybridized carbons (Fsp3) is 0. The fourth-order valence-corrected chi connectivity index (χ4v) is 1.93. The molecule has 0 radical (unpaired) electrons. The van der Waals surface area contributed by atoms with Gasteiger partial charge in [0.1, 0.15) is 0 Å². The summed E-state index contributed by atoms with van der Waals surface area (Å²) in [5.41, 5.74) is 0.673. The molecule has 0 aliphatic carbocycles. The molecule has 5 heteroatoms. The third-order valence-corrected chi connectivity index (χ3v) is 2.81. The Hall–Kier alpha value is -1.68. The van der Waals surface area contributed by atoms with Gasteiger partial charge in [0, 0.05) is 5.02 Å². The average molecular weight is 281 g/mol. The SMILES string of the molecule is F[B-](F)(F)c1cc(Cl)cc(/C=C/c2ccccc2)c1. The van der Waals surface area contributed by atoms with E-state index < -0.39 is 12.4 Å². The third kappa shape index (κ3) is 3.90. The van der Waals surface area contributed by atoms with E-state index in [1.807, 2.05) is 30.3 Å². The van der Waals surface area contributed by atoms with Crippen molar-refractivity contribution in [3.8, 4) is 0 Å². The van der Waals surface area contributed by atoms with Crippen LogP contribution in [0, 0.1) is 0 Å². The van der Waals surface area contributed by atoms with Gasteiger partial charge in [-0.15, -0.1) is 5.46 Å². The van der Waals surface area contributed by atoms with Gasteiger partial charge < -0.3 is 12.9 Å². The van der Waals surface area contributed by atoms with Gasteiger partial charge in [-0.2, -0.15) is 0 Å². The van der Waals surface area contributed by atoms with Crippen LogP contribution < -0.4 is 5.46 Å². The Balaban J connectivity index is 2.31. The molecule has 2 rings (SSSR count). The molecule has 0 spiro atoms. The fourth-order valence-electron chi connectivity index (χ4n) is 1.68. The van der Waals surface area contributed by atoms with E-state index in [1.165, 1.54) is 6.07 Å². The van der Waals surface area contributed by atoms with Crippen LogP contribution >= 0.6 is 11.6 Å². The lowest BCUT2D eigenvalue weighted by molar-refractivity contribution is 0.501. The number of rotatable bonds is 3. The Morgan fingerprint density at radius 2 is 1.47 bits per heavy atom. The predicted octanol–water partition coefficient (Wildman–Crippen LogP) is 4.56. The number of benzene rings is 2. The van der Waals surface area contributed by atoms with Crippen LogP contribution in [0.2, 0.25) is 5.02 Å². The summed E-state index contributed by atoms with van der Waals surface area (Å²) in [6.45, 7) is -5.03. The summed E-state index contributed by atoms with van der Waals surface area (Å²) >= 11 is 5.71. The molecule has 0 atom stereocenters. The smallest absolute Gasteiger partial charge is 0.445 e. The summed E-state index contributed by atoms with van der Waals surface area (Å²) in [7, 11) is 0. The molecule has 0 saturated heterocycles. The van der Waals surface area contributed by atoms with Gasteiger partial charge >= 0.3 is 6.98 Å². The van der Waals surface area contributed by atoms with Crippen molar-refractivity contribution >= 4 is 36.2 Å². The number of halogens is 4. The summed E-state index contributed by atoms with van der Waals surface area (Å²) in [6.07, 6.45) is 3.37. The first-order chi connectivity index (χ1) is 8.95. The molecule has 0 aliphatic rings. The highest BCUT2D eigenvalue weighted by Gasteiger charge is 2.25. The molecule has 0 saturated carbocycles. The van der Waals surface area contributed by atoms with Crippen LogP contribution in [0.3, 0.4) is 0 Å². The van der Waals surface area contributed by atoms with Crippen LogP contribution in [0.4, 0.5) is 12.9 Å². The second kappa shape index (κ2) is 5.53. The normalized spacial score (nSPS) is 12.0. The van der Waals surface area contributed by atoms with Crippen molar-refractivity contribution < 1.29 is 12.9 Å². The second-order valence-corrected chi connectivity index (χ2v) is 4.57. The van der Waals surface area contributed by atoms with E-state index in [4.69, 9.17) is 11.6 Å². The van der Waals surface area contributed by atoms with Gasteiger partial charge in [-0.1, -0.05) is 66.2 Å². The molecule has 0 unspecified atom stereocenters. The molecular formula is C14H10BClF3-. The summed E-state index contributed by atoms with van der Waals surface area (Å²) in [5.74, 6) is 0. The highest BCUT2D eigenvalue weighted by atomic mass is 35.5. The monoisotopic (exact) mass is 281 g/mol. The summed E-state index contributed by atoms with van der Waals surface area (Å²) in [4.78, 5) is 0. The van der Waals surface area contributed by atoms with Crippen molar-refractivity contribution in [2.45, 2.75) is 0 Å². The van der Waals surface area contributed by atoms with Gasteiger partial charge in [0.15, 0.2) is 0 Å². The molecule has 0 aliphatic heterocycles. The van der Waals surface area contributed by atoms with Crippen molar-refractivity contribution in [2.24, 2.45) is 0 Å². The van der Waals surface area contributed by atoms with Crippen molar-refractivity contribution in [1.82, 2.24) is 0 Å². The predicted molar refractivity (Wildman–Crippen MR) is 75.5 cm³/mol. The maximum atomic E-state index is 12.7. The standard InChI is InChI=1S/C14H10BClF3/c16-14-9-12(8-13(10-14)15(17,18)19)7-6-11-4-2-1-3-5-11/h1-10H/q-1/b7-6+. The zero-order chi connectivity index (χ0) is 13.9. The zero-order valence-electron chi connectivity index (χ0n) is 9.86. The first kappa shape index (κ1) is 13.7. The van der Waals surface area contributed by atoms with Crippen molar-refractivity contribution in [1.29, 1.82) is 0 Å². The van der Waals surface area contributed by atoms with Crippen LogP contribution in [-0.4, -0.2) is 6.98 Å². The lowest BCUT2D eigenvalue weighted by Crippen LogP contribution is -2.34. The molecule has 0 heterocycles. The quantitative estimate of drug-likeness (QED) is 0.571. The third-order valence-electron chi connectivity index (χ3n) is 2.59. The summed E-state index contributed by atoms with van der Waals surface area (Å²) in [6, 6.07) is 12.9. The Kier molecular flexibility index (Phi) is 4.00. The second-order valence-electron chi connectivity index (χ2n) is 4.14. The van der Waals surface area contributed by atoms with Crippen molar-refractivity contribution in [3.05, 3.63) is 64.7 Å². The maximum absolute atomic E-state index is 12.7. The van der Waals surface area contributed by atoms with Crippen LogP contribution in [0.5, 0.6) is 0 Å². The maximum Gasteiger partial charge on any atom is 0.509 e. The van der Waals surface area contributed by atoms with Crippen LogP contribution in [0.25, 0.3) is 12.2 Å². The molecule has 0 bridgehead atoms. The molecule has 0 aromatic heterocycles. The lowest BCUT2D eigenvalue weighted by atomic mass is 9.79. The Bertz CT molecular complexity index is 591. The zero-order valence-corrected chi connectivity index (χ0v) is 10.6. The Morgan fingerprint density at radius 3 is 2.11 bits per heavy atom. The molecule has 19 heavy (non-hydrogen) atoms. The Morgan fingerprint density at radius 1 is 0.842 bits per heavy atom. The largest absolute Gasteiger partial charge is 0.509 e. The summed E-state index contributed by atoms with van der Waals surface area (Å²) < 4.78 is 38.1. The van der Waals surface area contributed by atoms with Crippen molar-refractivity contribution in [2.75, 3.05) is 0 Å². The molecule has 2 aromatic carbocycles. The average Bonchev–Trinajstić information content (AvgIpc) is 2.36. The minimum Gasteiger partial charge on any atom is -0.445 e. The summed E-state index contributed by atoms with van der Waals surface area (Å²) in [5, 5.41) is 0.0874. The van der Waals surface area contributed by atoms with Crippen LogP contribution in [-0.2, 0) is 0 Å². The molecule has 0 N–H and O–H groups in total. The minimum atomic E-state index is -5.03. The molecule has 98 valence electrons. The van der Waals surface area contributed by atoms with E-state index in [1.54, 1.807) is 12.2 Å². The molecule has 0 amide bonds. The molecule has 2 aromatic rings. The Labute approximate surface area is 114 Å². The van der Waals surface area contributed by atoms with E-state index in [0.29, 0.717) is 5.56 Å². The van der Waals surface area contributed by atoms with Gasteiger partial charge in [-0.25, -0.2) is 0 Å². The topological polar surface area (TPSA) is 0 Å². The first-order valence-corrected chi connectivity index (χ1v) is 6.06. The number of hydrogen-bond acceptors (Lipinski definition) is 0. The van der Waals surface area contributed by atoms with E-state index >= 15 is 0 Å². The van der Waals surface area contributed by atoms with Crippen molar-refractivity contribution in [3.63, 3.8) is 0 Å². The van der Waals surface area contributed by atoms with Gasteiger partial charge in [0.05, 0.1) is 0 Å². The lowest BCUT2D eigenvalue weighted by Gasteiger charge is -2.15. The molecule has 0 nitrogen and oxygen atoms in total. The van der Waals surface area contributed by atoms with Gasteiger partial charge in [-0.3, -0.25) is 0 Å². The van der Waals surface area contributed by atoms with Gasteiger partial charge in [-0.05, 0) is 17.2 Å². The van der Waals surface area contributed by atoms with E-state index in [0.717, 1.165) is 17.7 Å². The molecular weight excluding hydrogens is 271 g/mol. The van der Waals surface area contributed by atoms with E-state index in [2.05, 4.69) is 0 Å². The highest BCUT2D eigenvalue weighted by Crippen LogP contribution is 2.17. The van der Waals surface area contributed by atoms with Gasteiger partial charge in [0.25, 0.3) is 0 Å².